The lowest BCUT2D eigenvalue weighted by Crippen LogP contribution is -2.13. The summed E-state index contributed by atoms with van der Waals surface area (Å²) in [6, 6.07) is 0. The maximum atomic E-state index is 5.21. The summed E-state index contributed by atoms with van der Waals surface area (Å²) in [4.78, 5) is 0. The summed E-state index contributed by atoms with van der Waals surface area (Å²) in [6.45, 7) is 4.92. The summed E-state index contributed by atoms with van der Waals surface area (Å²) in [6.07, 6.45) is 2.20. The molecule has 3 heteroatoms. The molecule has 1 unspecified atom stereocenters. The van der Waals surface area contributed by atoms with Crippen LogP contribution in [-0.2, 0) is 4.74 Å². The Hall–Kier alpha value is -0.150. The summed E-state index contributed by atoms with van der Waals surface area (Å²) < 4.78 is 5.21. The molecule has 0 spiro atoms. The molecule has 1 rings (SSSR count). The van der Waals surface area contributed by atoms with Crippen LogP contribution in [0.15, 0.2) is 0 Å². The molecule has 1 heterocycles. The standard InChI is InChI=1S/C8H15NOS/c1-2-10-8(11)5-7-3-4-9-6-7/h7,9H,2-6H2,1H3. The minimum Gasteiger partial charge on any atom is -0.487 e. The summed E-state index contributed by atoms with van der Waals surface area (Å²) >= 11 is 5.04. The van der Waals surface area contributed by atoms with Gasteiger partial charge in [-0.05, 0) is 44.6 Å². The van der Waals surface area contributed by atoms with Crippen LogP contribution >= 0.6 is 12.2 Å². The molecule has 0 radical (unpaired) electrons. The van der Waals surface area contributed by atoms with Crippen molar-refractivity contribution in [3.05, 3.63) is 0 Å². The molecule has 0 aromatic carbocycles. The molecule has 0 aromatic rings. The first-order valence-corrected chi connectivity index (χ1v) is 4.60. The highest BCUT2D eigenvalue weighted by atomic mass is 32.1. The van der Waals surface area contributed by atoms with E-state index in [1.807, 2.05) is 6.92 Å². The summed E-state index contributed by atoms with van der Waals surface area (Å²) in [5.74, 6) is 0.717. The lowest BCUT2D eigenvalue weighted by atomic mass is 10.1. The van der Waals surface area contributed by atoms with E-state index >= 15 is 0 Å². The van der Waals surface area contributed by atoms with E-state index in [1.165, 1.54) is 6.42 Å². The Labute approximate surface area is 73.3 Å². The van der Waals surface area contributed by atoms with Crippen LogP contribution in [0.3, 0.4) is 0 Å². The van der Waals surface area contributed by atoms with Crippen LogP contribution in [0.25, 0.3) is 0 Å². The quantitative estimate of drug-likeness (QED) is 0.651. The largest absolute Gasteiger partial charge is 0.487 e. The summed E-state index contributed by atoms with van der Waals surface area (Å²) in [5, 5.41) is 4.08. The third-order valence-corrected chi connectivity index (χ3v) is 2.21. The highest BCUT2D eigenvalue weighted by molar-refractivity contribution is 7.80. The zero-order valence-electron chi connectivity index (χ0n) is 6.93. The zero-order chi connectivity index (χ0) is 8.10. The Morgan fingerprint density at radius 2 is 2.55 bits per heavy atom. The van der Waals surface area contributed by atoms with E-state index < -0.39 is 0 Å². The third kappa shape index (κ3) is 3.16. The molecule has 11 heavy (non-hydrogen) atoms. The van der Waals surface area contributed by atoms with Crippen LogP contribution in [0.2, 0.25) is 0 Å². The fraction of sp³-hybridized carbons (Fsp3) is 0.875. The van der Waals surface area contributed by atoms with Gasteiger partial charge in [0.05, 0.1) is 6.61 Å². The van der Waals surface area contributed by atoms with Crippen molar-refractivity contribution in [3.63, 3.8) is 0 Å². The first-order chi connectivity index (χ1) is 5.33. The topological polar surface area (TPSA) is 21.3 Å². The van der Waals surface area contributed by atoms with Gasteiger partial charge in [-0.15, -0.1) is 0 Å². The Bertz CT molecular complexity index is 132. The van der Waals surface area contributed by atoms with Crippen molar-refractivity contribution in [2.24, 2.45) is 5.92 Å². The van der Waals surface area contributed by atoms with Crippen LogP contribution in [-0.4, -0.2) is 24.7 Å². The lowest BCUT2D eigenvalue weighted by molar-refractivity contribution is 0.319. The van der Waals surface area contributed by atoms with Gasteiger partial charge in [0.25, 0.3) is 0 Å². The molecule has 1 N–H and O–H groups in total. The Kier molecular flexibility index (Phi) is 3.80. The van der Waals surface area contributed by atoms with Crippen LogP contribution < -0.4 is 5.32 Å². The Morgan fingerprint density at radius 1 is 1.73 bits per heavy atom. The van der Waals surface area contributed by atoms with E-state index in [0.29, 0.717) is 12.5 Å². The minimum atomic E-state index is 0.707. The van der Waals surface area contributed by atoms with Gasteiger partial charge in [0.1, 0.15) is 0 Å². The average Bonchev–Trinajstić information content (AvgIpc) is 2.40. The van der Waals surface area contributed by atoms with Crippen LogP contribution in [0, 0.1) is 5.92 Å². The number of hydrogen-bond acceptors (Lipinski definition) is 3. The molecule has 1 atom stereocenters. The summed E-state index contributed by atoms with van der Waals surface area (Å²) in [7, 11) is 0. The number of hydrogen-bond donors (Lipinski definition) is 1. The lowest BCUT2D eigenvalue weighted by Gasteiger charge is -2.08. The SMILES string of the molecule is CCOC(=S)CC1CCNC1. The van der Waals surface area contributed by atoms with E-state index in [-0.39, 0.29) is 0 Å². The van der Waals surface area contributed by atoms with Crippen LogP contribution in [0.1, 0.15) is 19.8 Å². The van der Waals surface area contributed by atoms with E-state index in [2.05, 4.69) is 5.32 Å². The van der Waals surface area contributed by atoms with E-state index in [9.17, 15) is 0 Å². The number of nitrogens with one attached hydrogen (secondary N) is 1. The van der Waals surface area contributed by atoms with Gasteiger partial charge in [-0.25, -0.2) is 0 Å². The molecular formula is C8H15NOS. The van der Waals surface area contributed by atoms with Crippen LogP contribution in [0.4, 0.5) is 0 Å². The van der Waals surface area contributed by atoms with Gasteiger partial charge in [0.15, 0.2) is 5.05 Å². The molecule has 0 bridgehead atoms. The average molecular weight is 173 g/mol. The summed E-state index contributed by atoms with van der Waals surface area (Å²) in [5.41, 5.74) is 0. The van der Waals surface area contributed by atoms with Crippen molar-refractivity contribution in [3.8, 4) is 0 Å². The Morgan fingerprint density at radius 3 is 3.09 bits per heavy atom. The van der Waals surface area contributed by atoms with Crippen molar-refractivity contribution < 1.29 is 4.74 Å². The van der Waals surface area contributed by atoms with Gasteiger partial charge in [-0.2, -0.15) is 0 Å². The normalized spacial score (nSPS) is 23.5. The second kappa shape index (κ2) is 4.67. The molecular weight excluding hydrogens is 158 g/mol. The molecule has 64 valence electrons. The highest BCUT2D eigenvalue weighted by Crippen LogP contribution is 2.13. The Balaban J connectivity index is 2.13. The van der Waals surface area contributed by atoms with Gasteiger partial charge in [-0.1, -0.05) is 0 Å². The van der Waals surface area contributed by atoms with Crippen molar-refractivity contribution >= 4 is 17.3 Å². The number of rotatable bonds is 3. The highest BCUT2D eigenvalue weighted by Gasteiger charge is 2.16. The predicted octanol–water partition coefficient (Wildman–Crippen LogP) is 1.35. The fourth-order valence-corrected chi connectivity index (χ4v) is 1.70. The first-order valence-electron chi connectivity index (χ1n) is 4.19. The molecule has 0 aromatic heterocycles. The van der Waals surface area contributed by atoms with Crippen molar-refractivity contribution in [2.45, 2.75) is 19.8 Å². The number of ether oxygens (including phenoxy) is 1. The van der Waals surface area contributed by atoms with E-state index in [0.717, 1.165) is 24.6 Å². The molecule has 0 saturated carbocycles. The van der Waals surface area contributed by atoms with E-state index in [1.54, 1.807) is 0 Å². The fourth-order valence-electron chi connectivity index (χ4n) is 1.34. The number of thiocarbonyl (C=S) groups is 1. The zero-order valence-corrected chi connectivity index (χ0v) is 7.75. The monoisotopic (exact) mass is 173 g/mol. The van der Waals surface area contributed by atoms with Gasteiger partial charge < -0.3 is 10.1 Å². The van der Waals surface area contributed by atoms with Gasteiger partial charge in [0, 0.05) is 6.42 Å². The molecule has 0 aliphatic carbocycles. The first kappa shape index (κ1) is 8.94. The molecule has 1 aliphatic heterocycles. The van der Waals surface area contributed by atoms with Crippen molar-refractivity contribution in [2.75, 3.05) is 19.7 Å². The second-order valence-electron chi connectivity index (χ2n) is 2.87. The second-order valence-corrected chi connectivity index (χ2v) is 3.32. The predicted molar refractivity (Wildman–Crippen MR) is 49.8 cm³/mol. The van der Waals surface area contributed by atoms with Gasteiger partial charge >= 0.3 is 0 Å². The maximum absolute atomic E-state index is 5.21. The molecule has 0 amide bonds. The molecule has 2 nitrogen and oxygen atoms in total. The van der Waals surface area contributed by atoms with Crippen molar-refractivity contribution in [1.29, 1.82) is 0 Å². The smallest absolute Gasteiger partial charge is 0.159 e. The van der Waals surface area contributed by atoms with E-state index in [4.69, 9.17) is 17.0 Å². The van der Waals surface area contributed by atoms with Gasteiger partial charge in [-0.3, -0.25) is 0 Å². The molecule has 1 aliphatic rings. The molecule has 1 saturated heterocycles. The molecule has 1 fully saturated rings. The van der Waals surface area contributed by atoms with Crippen LogP contribution in [0.5, 0.6) is 0 Å². The maximum Gasteiger partial charge on any atom is 0.159 e. The van der Waals surface area contributed by atoms with Crippen molar-refractivity contribution in [1.82, 2.24) is 5.32 Å². The minimum absolute atomic E-state index is 0.707. The third-order valence-electron chi connectivity index (χ3n) is 1.92. The van der Waals surface area contributed by atoms with Gasteiger partial charge in [0.2, 0.25) is 0 Å².